The van der Waals surface area contributed by atoms with Crippen LogP contribution in [0.1, 0.15) is 78.2 Å². The normalized spacial score (nSPS) is 19.2. The Morgan fingerprint density at radius 3 is 2.19 bits per heavy atom. The lowest BCUT2D eigenvalue weighted by atomic mass is 9.62. The lowest BCUT2D eigenvalue weighted by molar-refractivity contribution is 0.227. The van der Waals surface area contributed by atoms with Gasteiger partial charge in [0.2, 0.25) is 0 Å². The molecule has 0 saturated carbocycles. The first-order valence-corrected chi connectivity index (χ1v) is 12.2. The van der Waals surface area contributed by atoms with Gasteiger partial charge in [0, 0.05) is 18.8 Å². The van der Waals surface area contributed by atoms with E-state index in [0.29, 0.717) is 5.92 Å². The number of hydrogen-bond donors (Lipinski definition) is 0. The first kappa shape index (κ1) is 23.9. The summed E-state index contributed by atoms with van der Waals surface area (Å²) in [6.07, 6.45) is 12.3. The lowest BCUT2D eigenvalue weighted by Crippen LogP contribution is -2.31. The highest BCUT2D eigenvalue weighted by Gasteiger charge is 2.38. The first-order valence-electron chi connectivity index (χ1n) is 12.2. The molecular formula is C29H37N3. The van der Waals surface area contributed by atoms with Gasteiger partial charge in [-0.25, -0.2) is 0 Å². The second kappa shape index (κ2) is 10.7. The molecule has 3 rings (SSSR count). The minimum Gasteiger partial charge on any atom is -0.372 e. The first-order chi connectivity index (χ1) is 15.4. The molecule has 1 aromatic carbocycles. The Balaban J connectivity index is 1.88. The van der Waals surface area contributed by atoms with Crippen molar-refractivity contribution in [3.63, 3.8) is 0 Å². The topological polar surface area (TPSA) is 50.8 Å². The standard InChI is InChI=1S/C29H37N3/c1-5-7-15-32(16-8-6-2)27-12-9-22(10-13-27)23-11-14-28-24(17-23)18-25(19-29(28,3)4)26(20-30)21-31/h9-10,12-13,17-18,28H,5-8,11,14-16,19H2,1-4H3. The predicted molar refractivity (Wildman–Crippen MR) is 134 cm³/mol. The molecule has 0 aromatic heterocycles. The predicted octanol–water partition coefficient (Wildman–Crippen LogP) is 7.59. The van der Waals surface area contributed by atoms with E-state index < -0.39 is 0 Å². The van der Waals surface area contributed by atoms with Crippen LogP contribution in [0.2, 0.25) is 0 Å². The number of fused-ring (bicyclic) bond motifs is 1. The van der Waals surface area contributed by atoms with Crippen molar-refractivity contribution >= 4 is 11.3 Å². The summed E-state index contributed by atoms with van der Waals surface area (Å²) >= 11 is 0. The van der Waals surface area contributed by atoms with Crippen molar-refractivity contribution in [2.45, 2.75) is 72.6 Å². The van der Waals surface area contributed by atoms with Crippen LogP contribution in [0.4, 0.5) is 5.69 Å². The molecular weight excluding hydrogens is 390 g/mol. The molecule has 1 atom stereocenters. The fourth-order valence-corrected chi connectivity index (χ4v) is 5.20. The zero-order chi connectivity index (χ0) is 23.1. The Bertz CT molecular complexity index is 953. The van der Waals surface area contributed by atoms with E-state index in [0.717, 1.165) is 37.9 Å². The molecule has 168 valence electrons. The van der Waals surface area contributed by atoms with Crippen LogP contribution in [0.3, 0.4) is 0 Å². The van der Waals surface area contributed by atoms with Crippen LogP contribution >= 0.6 is 0 Å². The van der Waals surface area contributed by atoms with Crippen LogP contribution in [0.5, 0.6) is 0 Å². The highest BCUT2D eigenvalue weighted by molar-refractivity contribution is 5.72. The van der Waals surface area contributed by atoms with Gasteiger partial charge in [-0.15, -0.1) is 0 Å². The fraction of sp³-hybridized carbons (Fsp3) is 0.517. The van der Waals surface area contributed by atoms with Crippen LogP contribution < -0.4 is 4.90 Å². The SMILES string of the molecule is CCCCN(CCCC)c1ccc(C2=CC3=CC(=C(C#N)C#N)CC(C)(C)C3CC2)cc1. The van der Waals surface area contributed by atoms with E-state index in [1.54, 1.807) is 0 Å². The number of unbranched alkanes of at least 4 members (excludes halogenated alkanes) is 2. The molecule has 0 bridgehead atoms. The Labute approximate surface area is 194 Å². The number of hydrogen-bond acceptors (Lipinski definition) is 3. The Morgan fingerprint density at radius 1 is 1.00 bits per heavy atom. The molecule has 0 radical (unpaired) electrons. The molecule has 3 heteroatoms. The molecule has 0 heterocycles. The summed E-state index contributed by atoms with van der Waals surface area (Å²) in [6.45, 7) is 11.3. The summed E-state index contributed by atoms with van der Waals surface area (Å²) in [5.41, 5.74) is 6.45. The summed E-state index contributed by atoms with van der Waals surface area (Å²) in [5, 5.41) is 18.7. The quantitative estimate of drug-likeness (QED) is 0.402. The van der Waals surface area contributed by atoms with Crippen LogP contribution in [0, 0.1) is 34.0 Å². The van der Waals surface area contributed by atoms with E-state index in [1.165, 1.54) is 48.1 Å². The molecule has 0 amide bonds. The van der Waals surface area contributed by atoms with Crippen molar-refractivity contribution in [2.24, 2.45) is 11.3 Å². The van der Waals surface area contributed by atoms with Gasteiger partial charge in [0.1, 0.15) is 17.7 Å². The number of allylic oxidation sites excluding steroid dienone is 6. The summed E-state index contributed by atoms with van der Waals surface area (Å²) in [4.78, 5) is 2.52. The second-order valence-corrected chi connectivity index (χ2v) is 9.94. The average molecular weight is 428 g/mol. The molecule has 0 saturated heterocycles. The number of benzene rings is 1. The molecule has 2 aliphatic rings. The van der Waals surface area contributed by atoms with Gasteiger partial charge in [0.05, 0.1) is 0 Å². The summed E-state index contributed by atoms with van der Waals surface area (Å²) in [5.74, 6) is 0.478. The van der Waals surface area contributed by atoms with Gasteiger partial charge < -0.3 is 4.90 Å². The Kier molecular flexibility index (Phi) is 7.98. The van der Waals surface area contributed by atoms with Gasteiger partial charge in [-0.2, -0.15) is 10.5 Å². The molecule has 32 heavy (non-hydrogen) atoms. The smallest absolute Gasteiger partial charge is 0.132 e. The van der Waals surface area contributed by atoms with Crippen molar-refractivity contribution in [2.75, 3.05) is 18.0 Å². The number of nitriles is 2. The van der Waals surface area contributed by atoms with E-state index in [4.69, 9.17) is 0 Å². The van der Waals surface area contributed by atoms with Crippen molar-refractivity contribution in [1.82, 2.24) is 0 Å². The molecule has 3 nitrogen and oxygen atoms in total. The third-order valence-electron chi connectivity index (χ3n) is 7.09. The van der Waals surface area contributed by atoms with Gasteiger partial charge in [-0.05, 0) is 77.9 Å². The maximum Gasteiger partial charge on any atom is 0.132 e. The van der Waals surface area contributed by atoms with Crippen LogP contribution in [0.15, 0.2) is 53.1 Å². The van der Waals surface area contributed by atoms with Crippen molar-refractivity contribution in [3.05, 3.63) is 58.7 Å². The molecule has 1 aromatic rings. The Morgan fingerprint density at radius 2 is 1.62 bits per heavy atom. The van der Waals surface area contributed by atoms with E-state index in [-0.39, 0.29) is 11.0 Å². The molecule has 0 fully saturated rings. The maximum absolute atomic E-state index is 9.37. The van der Waals surface area contributed by atoms with Crippen molar-refractivity contribution in [1.29, 1.82) is 10.5 Å². The average Bonchev–Trinajstić information content (AvgIpc) is 2.79. The maximum atomic E-state index is 9.37. The summed E-state index contributed by atoms with van der Waals surface area (Å²) in [7, 11) is 0. The molecule has 1 unspecified atom stereocenters. The van der Waals surface area contributed by atoms with E-state index in [2.05, 4.69) is 81.2 Å². The van der Waals surface area contributed by atoms with Crippen molar-refractivity contribution in [3.8, 4) is 12.1 Å². The minimum atomic E-state index is 0.0588. The van der Waals surface area contributed by atoms with Crippen LogP contribution in [-0.2, 0) is 0 Å². The van der Waals surface area contributed by atoms with Gasteiger partial charge in [0.15, 0.2) is 0 Å². The van der Waals surface area contributed by atoms with Crippen LogP contribution in [0.25, 0.3) is 5.57 Å². The monoisotopic (exact) mass is 427 g/mol. The largest absolute Gasteiger partial charge is 0.372 e. The summed E-state index contributed by atoms with van der Waals surface area (Å²) in [6, 6.07) is 13.3. The van der Waals surface area contributed by atoms with Gasteiger partial charge >= 0.3 is 0 Å². The van der Waals surface area contributed by atoms with Gasteiger partial charge in [-0.1, -0.05) is 64.8 Å². The third kappa shape index (κ3) is 5.34. The summed E-state index contributed by atoms with van der Waals surface area (Å²) < 4.78 is 0. The van der Waals surface area contributed by atoms with E-state index in [9.17, 15) is 10.5 Å². The number of rotatable bonds is 8. The molecule has 0 N–H and O–H groups in total. The zero-order valence-corrected chi connectivity index (χ0v) is 20.2. The van der Waals surface area contributed by atoms with Crippen molar-refractivity contribution < 1.29 is 0 Å². The fourth-order valence-electron chi connectivity index (χ4n) is 5.20. The molecule has 2 aliphatic carbocycles. The second-order valence-electron chi connectivity index (χ2n) is 9.94. The van der Waals surface area contributed by atoms with E-state index in [1.807, 2.05) is 0 Å². The van der Waals surface area contributed by atoms with Gasteiger partial charge in [-0.3, -0.25) is 0 Å². The van der Waals surface area contributed by atoms with E-state index >= 15 is 0 Å². The molecule has 0 aliphatic heterocycles. The lowest BCUT2D eigenvalue weighted by Gasteiger charge is -2.42. The minimum absolute atomic E-state index is 0.0588. The Hall–Kier alpha value is -2.78. The number of anilines is 1. The van der Waals surface area contributed by atoms with Crippen LogP contribution in [-0.4, -0.2) is 13.1 Å². The van der Waals surface area contributed by atoms with Gasteiger partial charge in [0.25, 0.3) is 0 Å². The molecule has 0 spiro atoms. The zero-order valence-electron chi connectivity index (χ0n) is 20.2. The number of nitrogens with zero attached hydrogens (tertiary/aromatic N) is 3. The highest BCUT2D eigenvalue weighted by atomic mass is 15.1. The highest BCUT2D eigenvalue weighted by Crippen LogP contribution is 2.50. The third-order valence-corrected chi connectivity index (χ3v) is 7.09.